The van der Waals surface area contributed by atoms with Crippen molar-refractivity contribution in [1.29, 1.82) is 0 Å². The Balaban J connectivity index is 2.97. The number of H-pyrrole nitrogens is 1. The van der Waals surface area contributed by atoms with Crippen molar-refractivity contribution in [2.24, 2.45) is 0 Å². The van der Waals surface area contributed by atoms with Gasteiger partial charge in [0.05, 0.1) is 6.10 Å². The summed E-state index contributed by atoms with van der Waals surface area (Å²) in [6.45, 7) is 1.26. The molecule has 0 aliphatic heterocycles. The van der Waals surface area contributed by atoms with Crippen LogP contribution in [-0.4, -0.2) is 32.2 Å². The quantitative estimate of drug-likeness (QED) is 0.774. The molecule has 9 heteroatoms. The number of nitrogens with one attached hydrogen (secondary N) is 1. The molecule has 0 saturated heterocycles. The Morgan fingerprint density at radius 2 is 2.05 bits per heavy atom. The number of aromatic nitrogens is 1. The first kappa shape index (κ1) is 16.7. The molecule has 5 nitrogen and oxygen atoms in total. The second kappa shape index (κ2) is 6.42. The first-order valence-electron chi connectivity index (χ1n) is 5.42. The number of aliphatic hydroxyl groups is 2. The minimum absolute atomic E-state index is 0.170. The molecule has 112 valence electrons. The summed E-state index contributed by atoms with van der Waals surface area (Å²) in [5.41, 5.74) is -3.07. The van der Waals surface area contributed by atoms with Crippen molar-refractivity contribution in [3.05, 3.63) is 33.7 Å². The summed E-state index contributed by atoms with van der Waals surface area (Å²) < 4.78 is 37.6. The Labute approximate surface area is 115 Å². The van der Waals surface area contributed by atoms with Crippen LogP contribution in [0.4, 0.5) is 13.2 Å². The molecule has 1 aromatic rings. The van der Waals surface area contributed by atoms with Crippen LogP contribution in [0.1, 0.15) is 24.2 Å². The van der Waals surface area contributed by atoms with Crippen LogP contribution in [0.3, 0.4) is 0 Å². The predicted octanol–water partition coefficient (Wildman–Crippen LogP) is 1.07. The van der Waals surface area contributed by atoms with Crippen molar-refractivity contribution in [2.45, 2.75) is 25.3 Å². The molecule has 0 radical (unpaired) electrons. The highest BCUT2D eigenvalue weighted by Crippen LogP contribution is 2.28. The maximum absolute atomic E-state index is 12.5. The third kappa shape index (κ3) is 4.36. The fourth-order valence-electron chi connectivity index (χ4n) is 1.40. The van der Waals surface area contributed by atoms with E-state index in [9.17, 15) is 33.0 Å². The van der Waals surface area contributed by atoms with Crippen molar-refractivity contribution in [3.8, 4) is 0 Å². The highest BCUT2D eigenvalue weighted by Gasteiger charge is 2.35. The van der Waals surface area contributed by atoms with E-state index in [4.69, 9.17) is 0 Å². The standard InChI is InChI=1S/C11H12F3NO4S/c1-5(16)20-4-8(17)9(18)6-2-7(11(12,13)14)10(19)15-3-6/h2-3,8-9,17-18H,4H2,1H3,(H,15,19). The van der Waals surface area contributed by atoms with E-state index in [1.807, 2.05) is 4.98 Å². The molecule has 0 saturated carbocycles. The van der Waals surface area contributed by atoms with Gasteiger partial charge < -0.3 is 15.2 Å². The van der Waals surface area contributed by atoms with Gasteiger partial charge in [-0.3, -0.25) is 9.59 Å². The smallest absolute Gasteiger partial charge is 0.389 e. The topological polar surface area (TPSA) is 90.4 Å². The second-order valence-electron chi connectivity index (χ2n) is 3.99. The predicted molar refractivity (Wildman–Crippen MR) is 66.2 cm³/mol. The second-order valence-corrected chi connectivity index (χ2v) is 5.19. The number of rotatable bonds is 4. The molecule has 1 heterocycles. The zero-order chi connectivity index (χ0) is 15.5. The Kier molecular flexibility index (Phi) is 5.37. The van der Waals surface area contributed by atoms with Gasteiger partial charge in [0.2, 0.25) is 0 Å². The summed E-state index contributed by atoms with van der Waals surface area (Å²) in [6.07, 6.45) is -7.04. The monoisotopic (exact) mass is 311 g/mol. The summed E-state index contributed by atoms with van der Waals surface area (Å²) in [5.74, 6) is -0.170. The van der Waals surface area contributed by atoms with Crippen LogP contribution in [0, 0.1) is 0 Å². The van der Waals surface area contributed by atoms with Crippen LogP contribution < -0.4 is 5.56 Å². The largest absolute Gasteiger partial charge is 0.421 e. The lowest BCUT2D eigenvalue weighted by Gasteiger charge is -2.18. The van der Waals surface area contributed by atoms with Crippen LogP contribution in [0.25, 0.3) is 0 Å². The molecule has 2 unspecified atom stereocenters. The summed E-state index contributed by atoms with van der Waals surface area (Å²) in [6, 6.07) is 0.477. The molecular formula is C11H12F3NO4S. The zero-order valence-corrected chi connectivity index (χ0v) is 11.1. The average Bonchev–Trinajstić information content (AvgIpc) is 2.34. The van der Waals surface area contributed by atoms with Gasteiger partial charge in [0, 0.05) is 24.4 Å². The van der Waals surface area contributed by atoms with Crippen LogP contribution in [-0.2, 0) is 11.0 Å². The van der Waals surface area contributed by atoms with Gasteiger partial charge in [-0.25, -0.2) is 0 Å². The summed E-state index contributed by atoms with van der Waals surface area (Å²) in [5, 5.41) is 19.0. The number of halogens is 3. The average molecular weight is 311 g/mol. The summed E-state index contributed by atoms with van der Waals surface area (Å²) in [7, 11) is 0. The Morgan fingerprint density at radius 1 is 1.45 bits per heavy atom. The highest BCUT2D eigenvalue weighted by atomic mass is 32.2. The third-order valence-corrected chi connectivity index (χ3v) is 3.31. The minimum atomic E-state index is -4.86. The number of aliphatic hydroxyl groups excluding tert-OH is 2. The molecule has 0 aromatic carbocycles. The molecule has 0 amide bonds. The van der Waals surface area contributed by atoms with Crippen LogP contribution >= 0.6 is 11.8 Å². The van der Waals surface area contributed by atoms with Crippen LogP contribution in [0.15, 0.2) is 17.1 Å². The van der Waals surface area contributed by atoms with Crippen molar-refractivity contribution in [3.63, 3.8) is 0 Å². The molecule has 0 aliphatic carbocycles. The van der Waals surface area contributed by atoms with Crippen molar-refractivity contribution in [2.75, 3.05) is 5.75 Å². The van der Waals surface area contributed by atoms with E-state index in [0.29, 0.717) is 6.07 Å². The van der Waals surface area contributed by atoms with Crippen LogP contribution in [0.2, 0.25) is 0 Å². The van der Waals surface area contributed by atoms with Gasteiger partial charge in [-0.05, 0) is 6.07 Å². The first-order valence-corrected chi connectivity index (χ1v) is 6.40. The SMILES string of the molecule is CC(=O)SCC(O)C(O)c1c[nH]c(=O)c(C(F)(F)F)c1. The lowest BCUT2D eigenvalue weighted by atomic mass is 10.1. The molecule has 2 atom stereocenters. The molecule has 20 heavy (non-hydrogen) atoms. The molecule has 1 rings (SSSR count). The number of thioether (sulfide) groups is 1. The van der Waals surface area contributed by atoms with Gasteiger partial charge in [-0.2, -0.15) is 13.2 Å². The van der Waals surface area contributed by atoms with Crippen molar-refractivity contribution in [1.82, 2.24) is 4.98 Å². The van der Waals surface area contributed by atoms with Gasteiger partial charge in [0.25, 0.3) is 5.56 Å². The number of carbonyl (C=O) groups is 1. The first-order chi connectivity index (χ1) is 9.12. The fourth-order valence-corrected chi connectivity index (χ4v) is 1.99. The highest BCUT2D eigenvalue weighted by molar-refractivity contribution is 8.13. The number of aromatic amines is 1. The molecular weight excluding hydrogens is 299 g/mol. The van der Waals surface area contributed by atoms with Crippen molar-refractivity contribution < 1.29 is 28.2 Å². The summed E-state index contributed by atoms with van der Waals surface area (Å²) in [4.78, 5) is 23.6. The van der Waals surface area contributed by atoms with E-state index in [1.54, 1.807) is 0 Å². The number of alkyl halides is 3. The maximum atomic E-state index is 12.5. The van der Waals surface area contributed by atoms with Gasteiger partial charge in [-0.15, -0.1) is 0 Å². The molecule has 0 spiro atoms. The molecule has 3 N–H and O–H groups in total. The third-order valence-electron chi connectivity index (χ3n) is 2.39. The van der Waals surface area contributed by atoms with E-state index in [1.165, 1.54) is 6.92 Å². The van der Waals surface area contributed by atoms with E-state index >= 15 is 0 Å². The fraction of sp³-hybridized carbons (Fsp3) is 0.455. The normalized spacial score (nSPS) is 14.9. The molecule has 1 aromatic heterocycles. The number of hydrogen-bond acceptors (Lipinski definition) is 5. The summed E-state index contributed by atoms with van der Waals surface area (Å²) >= 11 is 0.732. The van der Waals surface area contributed by atoms with Gasteiger partial charge in [0.15, 0.2) is 5.12 Å². The van der Waals surface area contributed by atoms with E-state index < -0.39 is 29.5 Å². The molecule has 0 aliphatic rings. The Bertz CT molecular complexity index is 543. The number of carbonyl (C=O) groups excluding carboxylic acids is 1. The van der Waals surface area contributed by atoms with Gasteiger partial charge in [0.1, 0.15) is 11.7 Å². The molecule has 0 bridgehead atoms. The Morgan fingerprint density at radius 3 is 2.55 bits per heavy atom. The van der Waals surface area contributed by atoms with Crippen molar-refractivity contribution >= 4 is 16.9 Å². The number of hydrogen-bond donors (Lipinski definition) is 3. The Hall–Kier alpha value is -1.32. The van der Waals surface area contributed by atoms with E-state index in [-0.39, 0.29) is 16.4 Å². The maximum Gasteiger partial charge on any atom is 0.421 e. The zero-order valence-electron chi connectivity index (χ0n) is 10.3. The minimum Gasteiger partial charge on any atom is -0.389 e. The van der Waals surface area contributed by atoms with Gasteiger partial charge in [-0.1, -0.05) is 11.8 Å². The van der Waals surface area contributed by atoms with E-state index in [0.717, 1.165) is 18.0 Å². The lowest BCUT2D eigenvalue weighted by Crippen LogP contribution is -2.26. The van der Waals surface area contributed by atoms with Crippen LogP contribution in [0.5, 0.6) is 0 Å². The van der Waals surface area contributed by atoms with Gasteiger partial charge >= 0.3 is 6.18 Å². The lowest BCUT2D eigenvalue weighted by molar-refractivity contribution is -0.138. The number of pyridine rings is 1. The molecule has 0 fully saturated rings. The van der Waals surface area contributed by atoms with E-state index in [2.05, 4.69) is 0 Å².